The van der Waals surface area contributed by atoms with Crippen LogP contribution in [0.2, 0.25) is 0 Å². The Balaban J connectivity index is 2.65. The van der Waals surface area contributed by atoms with E-state index in [4.69, 9.17) is 5.84 Å². The van der Waals surface area contributed by atoms with Crippen LogP contribution in [0.1, 0.15) is 5.56 Å². The molecule has 1 aromatic carbocycles. The molecule has 2 aromatic rings. The van der Waals surface area contributed by atoms with Crippen LogP contribution < -0.4 is 11.3 Å². The van der Waals surface area contributed by atoms with Crippen LogP contribution in [0.5, 0.6) is 0 Å². The second-order valence-electron chi connectivity index (χ2n) is 3.54. The van der Waals surface area contributed by atoms with Crippen molar-refractivity contribution in [2.75, 3.05) is 5.43 Å². The Morgan fingerprint density at radius 3 is 2.82 bits per heavy atom. The Morgan fingerprint density at radius 2 is 2.29 bits per heavy atom. The molecule has 0 saturated heterocycles. The number of para-hydroxylation sites is 1. The fourth-order valence-electron chi connectivity index (χ4n) is 1.57. The van der Waals surface area contributed by atoms with Gasteiger partial charge in [-0.25, -0.2) is 4.68 Å². The van der Waals surface area contributed by atoms with E-state index in [2.05, 4.69) is 10.5 Å². The number of hydrogen-bond donors (Lipinski definition) is 2. The molecular formula is C10H11N5O2. The number of nitro groups is 1. The lowest BCUT2D eigenvalue weighted by molar-refractivity contribution is -0.383. The number of nitrogens with one attached hydrogen (secondary N) is 1. The Labute approximate surface area is 97.0 Å². The summed E-state index contributed by atoms with van der Waals surface area (Å²) in [5.74, 6) is 5.26. The van der Waals surface area contributed by atoms with Gasteiger partial charge in [0, 0.05) is 6.20 Å². The summed E-state index contributed by atoms with van der Waals surface area (Å²) < 4.78 is 1.45. The second-order valence-corrected chi connectivity index (χ2v) is 3.54. The molecule has 0 fully saturated rings. The maximum absolute atomic E-state index is 11.1. The largest absolute Gasteiger partial charge is 0.319 e. The van der Waals surface area contributed by atoms with Crippen LogP contribution in [0.4, 0.5) is 11.4 Å². The molecule has 3 N–H and O–H groups in total. The first-order valence-corrected chi connectivity index (χ1v) is 4.89. The summed E-state index contributed by atoms with van der Waals surface area (Å²) in [6.45, 7) is 1.86. The van der Waals surface area contributed by atoms with Gasteiger partial charge in [0.1, 0.15) is 11.4 Å². The number of nitrogen functional groups attached to an aromatic ring is 1. The average molecular weight is 233 g/mol. The fourth-order valence-corrected chi connectivity index (χ4v) is 1.57. The normalized spacial score (nSPS) is 10.2. The number of aryl methyl sites for hydroxylation is 1. The zero-order chi connectivity index (χ0) is 12.4. The SMILES string of the molecule is Cc1cnn(-c2cccc(NN)c2[N+](=O)[O-])c1. The second kappa shape index (κ2) is 4.22. The Kier molecular flexibility index (Phi) is 2.75. The first-order valence-electron chi connectivity index (χ1n) is 4.89. The zero-order valence-corrected chi connectivity index (χ0v) is 9.12. The van der Waals surface area contributed by atoms with Crippen LogP contribution >= 0.6 is 0 Å². The lowest BCUT2D eigenvalue weighted by atomic mass is 10.2. The number of rotatable bonds is 3. The first-order chi connectivity index (χ1) is 8.13. The highest BCUT2D eigenvalue weighted by Crippen LogP contribution is 2.30. The number of hydrogen-bond acceptors (Lipinski definition) is 5. The highest BCUT2D eigenvalue weighted by molar-refractivity contribution is 5.70. The molecular weight excluding hydrogens is 222 g/mol. The van der Waals surface area contributed by atoms with Gasteiger partial charge in [-0.15, -0.1) is 0 Å². The number of hydrazine groups is 1. The van der Waals surface area contributed by atoms with E-state index >= 15 is 0 Å². The molecule has 7 nitrogen and oxygen atoms in total. The minimum Gasteiger partial charge on any atom is -0.318 e. The van der Waals surface area contributed by atoms with Crippen molar-refractivity contribution in [3.05, 3.63) is 46.3 Å². The summed E-state index contributed by atoms with van der Waals surface area (Å²) in [6.07, 6.45) is 3.34. The van der Waals surface area contributed by atoms with Gasteiger partial charge in [-0.05, 0) is 24.6 Å². The highest BCUT2D eigenvalue weighted by Gasteiger charge is 2.20. The zero-order valence-electron chi connectivity index (χ0n) is 9.12. The van der Waals surface area contributed by atoms with Crippen molar-refractivity contribution in [1.29, 1.82) is 0 Å². The summed E-state index contributed by atoms with van der Waals surface area (Å²) >= 11 is 0. The molecule has 1 heterocycles. The van der Waals surface area contributed by atoms with Crippen LogP contribution in [-0.2, 0) is 0 Å². The number of benzene rings is 1. The van der Waals surface area contributed by atoms with Crippen molar-refractivity contribution in [3.8, 4) is 5.69 Å². The van der Waals surface area contributed by atoms with E-state index in [0.717, 1.165) is 5.56 Å². The van der Waals surface area contributed by atoms with Gasteiger partial charge < -0.3 is 5.43 Å². The average Bonchev–Trinajstić information content (AvgIpc) is 2.74. The minimum atomic E-state index is -0.485. The minimum absolute atomic E-state index is 0.0990. The van der Waals surface area contributed by atoms with Crippen molar-refractivity contribution >= 4 is 11.4 Å². The van der Waals surface area contributed by atoms with E-state index in [1.807, 2.05) is 6.92 Å². The molecule has 7 heteroatoms. The van der Waals surface area contributed by atoms with Gasteiger partial charge >= 0.3 is 5.69 Å². The van der Waals surface area contributed by atoms with Gasteiger partial charge in [0.15, 0.2) is 0 Å². The van der Waals surface area contributed by atoms with Crippen LogP contribution in [0.3, 0.4) is 0 Å². The summed E-state index contributed by atoms with van der Waals surface area (Å²) in [5, 5.41) is 15.1. The molecule has 0 unspecified atom stereocenters. The molecule has 0 saturated carbocycles. The summed E-state index contributed by atoms with van der Waals surface area (Å²) in [6, 6.07) is 4.83. The standard InChI is InChI=1S/C10H11N5O2/c1-7-5-12-14(6-7)9-4-2-3-8(13-11)10(9)15(16)17/h2-6,13H,11H2,1H3. The van der Waals surface area contributed by atoms with Gasteiger partial charge in [-0.3, -0.25) is 16.0 Å². The van der Waals surface area contributed by atoms with Crippen LogP contribution in [0.25, 0.3) is 5.69 Å². The van der Waals surface area contributed by atoms with Gasteiger partial charge in [-0.1, -0.05) is 6.07 Å². The van der Waals surface area contributed by atoms with Crippen molar-refractivity contribution in [2.24, 2.45) is 5.84 Å². The van der Waals surface area contributed by atoms with E-state index < -0.39 is 4.92 Å². The quantitative estimate of drug-likeness (QED) is 0.474. The molecule has 0 bridgehead atoms. The lowest BCUT2D eigenvalue weighted by Gasteiger charge is -2.06. The summed E-state index contributed by atoms with van der Waals surface area (Å²) in [5.41, 5.74) is 3.76. The number of nitrogens with two attached hydrogens (primary N) is 1. The van der Waals surface area contributed by atoms with Crippen molar-refractivity contribution in [3.63, 3.8) is 0 Å². The third-order valence-corrected chi connectivity index (χ3v) is 2.31. The van der Waals surface area contributed by atoms with Crippen molar-refractivity contribution < 1.29 is 4.92 Å². The number of nitro benzene ring substituents is 1. The van der Waals surface area contributed by atoms with E-state index in [1.54, 1.807) is 24.5 Å². The third kappa shape index (κ3) is 1.95. The van der Waals surface area contributed by atoms with E-state index in [0.29, 0.717) is 5.69 Å². The summed E-state index contributed by atoms with van der Waals surface area (Å²) in [4.78, 5) is 10.6. The lowest BCUT2D eigenvalue weighted by Crippen LogP contribution is -2.11. The Hall–Kier alpha value is -2.41. The van der Waals surface area contributed by atoms with Crippen LogP contribution in [-0.4, -0.2) is 14.7 Å². The summed E-state index contributed by atoms with van der Waals surface area (Å²) in [7, 11) is 0. The third-order valence-electron chi connectivity index (χ3n) is 2.31. The molecule has 17 heavy (non-hydrogen) atoms. The molecule has 1 aromatic heterocycles. The topological polar surface area (TPSA) is 99.0 Å². The fraction of sp³-hybridized carbons (Fsp3) is 0.100. The molecule has 0 amide bonds. The number of anilines is 1. The first kappa shape index (κ1) is 11.1. The van der Waals surface area contributed by atoms with Crippen molar-refractivity contribution in [2.45, 2.75) is 6.92 Å². The van der Waals surface area contributed by atoms with Gasteiger partial charge in [-0.2, -0.15) is 5.10 Å². The predicted octanol–water partition coefficient (Wildman–Crippen LogP) is 1.37. The van der Waals surface area contributed by atoms with E-state index in [1.165, 1.54) is 10.7 Å². The van der Waals surface area contributed by atoms with Crippen LogP contribution in [0.15, 0.2) is 30.6 Å². The molecule has 0 spiro atoms. The molecule has 2 rings (SSSR count). The van der Waals surface area contributed by atoms with Gasteiger partial charge in [0.2, 0.25) is 0 Å². The maximum atomic E-state index is 11.1. The molecule has 0 atom stereocenters. The predicted molar refractivity (Wildman–Crippen MR) is 62.8 cm³/mol. The monoisotopic (exact) mass is 233 g/mol. The highest BCUT2D eigenvalue weighted by atomic mass is 16.6. The number of aromatic nitrogens is 2. The molecule has 0 aliphatic rings. The Bertz CT molecular complexity index is 564. The number of nitrogens with zero attached hydrogens (tertiary/aromatic N) is 3. The Morgan fingerprint density at radius 1 is 1.53 bits per heavy atom. The molecule has 0 aliphatic heterocycles. The van der Waals surface area contributed by atoms with Gasteiger partial charge in [0.05, 0.1) is 11.1 Å². The van der Waals surface area contributed by atoms with E-state index in [-0.39, 0.29) is 11.4 Å². The molecule has 0 radical (unpaired) electrons. The van der Waals surface area contributed by atoms with E-state index in [9.17, 15) is 10.1 Å². The van der Waals surface area contributed by atoms with Crippen molar-refractivity contribution in [1.82, 2.24) is 9.78 Å². The maximum Gasteiger partial charge on any atom is 0.319 e. The molecule has 0 aliphatic carbocycles. The molecule has 88 valence electrons. The van der Waals surface area contributed by atoms with Gasteiger partial charge in [0.25, 0.3) is 0 Å². The smallest absolute Gasteiger partial charge is 0.318 e. The van der Waals surface area contributed by atoms with Crippen LogP contribution in [0, 0.1) is 17.0 Å².